The minimum absolute atomic E-state index is 0.542. The van der Waals surface area contributed by atoms with Crippen molar-refractivity contribution in [1.82, 2.24) is 5.32 Å². The first kappa shape index (κ1) is 22.3. The van der Waals surface area contributed by atoms with Crippen molar-refractivity contribution < 1.29 is 4.21 Å². The van der Waals surface area contributed by atoms with E-state index in [1.165, 1.54) is 59.2 Å². The number of aryl methyl sites for hydroxylation is 2. The second-order valence-electron chi connectivity index (χ2n) is 9.81. The lowest BCUT2D eigenvalue weighted by molar-refractivity contribution is 0.689. The van der Waals surface area contributed by atoms with Crippen LogP contribution < -0.4 is 5.32 Å². The summed E-state index contributed by atoms with van der Waals surface area (Å²) in [5.74, 6) is 1.28. The van der Waals surface area contributed by atoms with Crippen LogP contribution in [0.1, 0.15) is 41.9 Å². The molecule has 0 spiro atoms. The minimum atomic E-state index is -0.797. The quantitative estimate of drug-likeness (QED) is 0.317. The van der Waals surface area contributed by atoms with Gasteiger partial charge in [0.05, 0.1) is 0 Å². The molecular weight excluding hydrogens is 446 g/mol. The smallest absolute Gasteiger partial charge is 0.0496 e. The van der Waals surface area contributed by atoms with Crippen molar-refractivity contribution >= 4 is 32.3 Å². The van der Waals surface area contributed by atoms with Crippen LogP contribution in [0.5, 0.6) is 0 Å². The molecule has 4 aromatic carbocycles. The number of hydrogen-bond acceptors (Lipinski definition) is 2. The molecule has 2 aliphatic carbocycles. The Bertz CT molecular complexity index is 1450. The molecule has 3 unspecified atom stereocenters. The van der Waals surface area contributed by atoms with Crippen molar-refractivity contribution in [2.45, 2.75) is 44.1 Å². The average Bonchev–Trinajstić information content (AvgIpc) is 3.69. The molecule has 1 saturated carbocycles. The van der Waals surface area contributed by atoms with Crippen LogP contribution in [0.4, 0.5) is 0 Å². The fraction of sp³-hybridized carbons (Fsp3) is 0.250. The highest BCUT2D eigenvalue weighted by Gasteiger charge is 2.38. The second-order valence-corrected chi connectivity index (χ2v) is 11.2. The molecule has 0 amide bonds. The Morgan fingerprint density at radius 1 is 0.771 bits per heavy atom. The number of rotatable bonds is 3. The van der Waals surface area contributed by atoms with Gasteiger partial charge >= 0.3 is 0 Å². The molecule has 0 saturated heterocycles. The fourth-order valence-electron chi connectivity index (χ4n) is 5.53. The van der Waals surface area contributed by atoms with Gasteiger partial charge in [-0.1, -0.05) is 78.9 Å². The third-order valence-electron chi connectivity index (χ3n) is 7.49. The Labute approximate surface area is 210 Å². The molecule has 2 nitrogen and oxygen atoms in total. The van der Waals surface area contributed by atoms with Crippen molar-refractivity contribution in [2.75, 3.05) is 5.75 Å². The van der Waals surface area contributed by atoms with Crippen molar-refractivity contribution in [3.63, 3.8) is 0 Å². The van der Waals surface area contributed by atoms with Crippen LogP contribution in [0.15, 0.2) is 102 Å². The highest BCUT2D eigenvalue weighted by molar-refractivity contribution is 7.88. The maximum Gasteiger partial charge on any atom is 0.0496 e. The highest BCUT2D eigenvalue weighted by atomic mass is 32.2. The molecule has 3 atom stereocenters. The molecular formula is C32H31NOS. The molecule has 1 fully saturated rings. The SMILES string of the molecule is O=S1C=CC(NC2CC2c2ccccc2)=CC1.c1ccc2c(c1)ccc1c3c(ccc12)CCCC3. The highest BCUT2D eigenvalue weighted by Crippen LogP contribution is 2.41. The standard InChI is InChI=1S/C18H16.C14H15NOS/c1-3-7-15-13(5-1)9-11-18-16-8-4-2-6-14(16)10-12-17(15)18;16-17-8-6-12(7-9-17)15-14-10-13(14)11-4-2-1-3-5-11/h1,3,5,7,9-12H,2,4,6,8H2;1-8,13-15H,9-10H2. The van der Waals surface area contributed by atoms with Gasteiger partial charge in [-0.3, -0.25) is 4.21 Å². The Morgan fingerprint density at radius 3 is 2.43 bits per heavy atom. The van der Waals surface area contributed by atoms with Gasteiger partial charge in [0.1, 0.15) is 0 Å². The normalized spacial score (nSPS) is 22.6. The summed E-state index contributed by atoms with van der Waals surface area (Å²) in [6.07, 6.45) is 10.4. The molecule has 4 aromatic rings. The summed E-state index contributed by atoms with van der Waals surface area (Å²) in [5, 5.41) is 10.9. The number of fused-ring (bicyclic) bond motifs is 5. The zero-order valence-electron chi connectivity index (χ0n) is 20.0. The zero-order valence-corrected chi connectivity index (χ0v) is 20.8. The molecule has 3 heteroatoms. The van der Waals surface area contributed by atoms with E-state index in [0.29, 0.717) is 17.7 Å². The second kappa shape index (κ2) is 9.83. The maximum absolute atomic E-state index is 11.1. The van der Waals surface area contributed by atoms with E-state index in [1.54, 1.807) is 16.5 Å². The van der Waals surface area contributed by atoms with Gasteiger partial charge in [0.15, 0.2) is 0 Å². The lowest BCUT2D eigenvalue weighted by Crippen LogP contribution is -2.18. The minimum Gasteiger partial charge on any atom is -0.382 e. The molecule has 0 radical (unpaired) electrons. The van der Waals surface area contributed by atoms with Crippen molar-refractivity contribution in [2.24, 2.45) is 0 Å². The predicted molar refractivity (Wildman–Crippen MR) is 149 cm³/mol. The Kier molecular flexibility index (Phi) is 6.26. The Hall–Kier alpha value is -3.17. The summed E-state index contributed by atoms with van der Waals surface area (Å²) in [6.45, 7) is 0. The molecule has 0 bridgehead atoms. The van der Waals surface area contributed by atoms with Crippen molar-refractivity contribution in [3.05, 3.63) is 119 Å². The van der Waals surface area contributed by atoms with E-state index in [2.05, 4.69) is 84.2 Å². The first-order chi connectivity index (χ1) is 17.3. The Balaban J connectivity index is 0.000000131. The van der Waals surface area contributed by atoms with Crippen LogP contribution in [0.2, 0.25) is 0 Å². The lowest BCUT2D eigenvalue weighted by atomic mass is 9.86. The molecule has 176 valence electrons. The number of benzene rings is 4. The largest absolute Gasteiger partial charge is 0.382 e. The molecule has 7 rings (SSSR count). The zero-order chi connectivity index (χ0) is 23.6. The Morgan fingerprint density at radius 2 is 1.57 bits per heavy atom. The van der Waals surface area contributed by atoms with Crippen LogP contribution in [-0.2, 0) is 23.6 Å². The topological polar surface area (TPSA) is 29.1 Å². The summed E-state index contributed by atoms with van der Waals surface area (Å²) in [5.41, 5.74) is 5.70. The van der Waals surface area contributed by atoms with Crippen LogP contribution in [-0.4, -0.2) is 16.0 Å². The van der Waals surface area contributed by atoms with Gasteiger partial charge in [-0.15, -0.1) is 0 Å². The van der Waals surface area contributed by atoms with E-state index in [1.807, 2.05) is 12.2 Å². The van der Waals surface area contributed by atoms with Gasteiger partial charge in [0.2, 0.25) is 0 Å². The average molecular weight is 478 g/mol. The van der Waals surface area contributed by atoms with Crippen LogP contribution in [0, 0.1) is 0 Å². The summed E-state index contributed by atoms with van der Waals surface area (Å²) in [4.78, 5) is 0. The van der Waals surface area contributed by atoms with Gasteiger partial charge in [0.25, 0.3) is 0 Å². The van der Waals surface area contributed by atoms with Gasteiger partial charge in [0, 0.05) is 39.6 Å². The summed E-state index contributed by atoms with van der Waals surface area (Å²) in [7, 11) is -0.797. The lowest BCUT2D eigenvalue weighted by Gasteiger charge is -2.18. The van der Waals surface area contributed by atoms with Crippen molar-refractivity contribution in [1.29, 1.82) is 0 Å². The van der Waals surface area contributed by atoms with E-state index in [9.17, 15) is 4.21 Å². The van der Waals surface area contributed by atoms with E-state index < -0.39 is 10.8 Å². The molecule has 1 aliphatic heterocycles. The van der Waals surface area contributed by atoms with Gasteiger partial charge < -0.3 is 5.32 Å². The number of nitrogens with one attached hydrogen (secondary N) is 1. The van der Waals surface area contributed by atoms with Crippen LogP contribution in [0.25, 0.3) is 21.5 Å². The fourth-order valence-corrected chi connectivity index (χ4v) is 6.28. The molecule has 3 aliphatic rings. The van der Waals surface area contributed by atoms with Crippen molar-refractivity contribution in [3.8, 4) is 0 Å². The molecule has 1 N–H and O–H groups in total. The number of allylic oxidation sites excluding steroid dienone is 1. The van der Waals surface area contributed by atoms with Crippen LogP contribution in [0.3, 0.4) is 0 Å². The summed E-state index contributed by atoms with van der Waals surface area (Å²) in [6, 6.07) is 29.1. The summed E-state index contributed by atoms with van der Waals surface area (Å²) < 4.78 is 11.1. The monoisotopic (exact) mass is 477 g/mol. The summed E-state index contributed by atoms with van der Waals surface area (Å²) >= 11 is 0. The van der Waals surface area contributed by atoms with E-state index in [-0.39, 0.29) is 0 Å². The first-order valence-corrected chi connectivity index (χ1v) is 14.1. The van der Waals surface area contributed by atoms with Gasteiger partial charge in [-0.2, -0.15) is 0 Å². The van der Waals surface area contributed by atoms with E-state index >= 15 is 0 Å². The molecule has 35 heavy (non-hydrogen) atoms. The van der Waals surface area contributed by atoms with Crippen LogP contribution >= 0.6 is 0 Å². The third-order valence-corrected chi connectivity index (χ3v) is 8.43. The predicted octanol–water partition coefficient (Wildman–Crippen LogP) is 7.16. The molecule has 0 aromatic heterocycles. The third kappa shape index (κ3) is 4.83. The number of hydrogen-bond donors (Lipinski definition) is 1. The van der Waals surface area contributed by atoms with E-state index in [0.717, 1.165) is 5.70 Å². The molecule has 1 heterocycles. The first-order valence-electron chi connectivity index (χ1n) is 12.8. The van der Waals surface area contributed by atoms with Gasteiger partial charge in [-0.25, -0.2) is 0 Å². The van der Waals surface area contributed by atoms with E-state index in [4.69, 9.17) is 0 Å². The van der Waals surface area contributed by atoms with Gasteiger partial charge in [-0.05, 0) is 82.5 Å². The maximum atomic E-state index is 11.1.